The fourth-order valence-corrected chi connectivity index (χ4v) is 3.15. The third-order valence-corrected chi connectivity index (χ3v) is 4.39. The Morgan fingerprint density at radius 2 is 1.50 bits per heavy atom. The number of amides is 1. The van der Waals surface area contributed by atoms with E-state index in [0.717, 1.165) is 22.3 Å². The summed E-state index contributed by atoms with van der Waals surface area (Å²) >= 11 is 0. The minimum Gasteiger partial charge on any atom is -0.481 e. The first kappa shape index (κ1) is 17.7. The highest BCUT2D eigenvalue weighted by Crippen LogP contribution is 2.44. The molecule has 0 radical (unpaired) electrons. The molecule has 6 nitrogen and oxygen atoms in total. The molecule has 2 aromatic rings. The lowest BCUT2D eigenvalue weighted by Crippen LogP contribution is -2.31. The Balaban J connectivity index is 1.57. The number of aliphatic carboxylic acids is 1. The Labute approximate surface area is 150 Å². The van der Waals surface area contributed by atoms with Gasteiger partial charge in [-0.2, -0.15) is 0 Å². The van der Waals surface area contributed by atoms with E-state index >= 15 is 0 Å². The van der Waals surface area contributed by atoms with Gasteiger partial charge >= 0.3 is 12.1 Å². The summed E-state index contributed by atoms with van der Waals surface area (Å²) in [4.78, 5) is 33.8. The smallest absolute Gasteiger partial charge is 0.407 e. The molecular weight excluding hydrogens is 334 g/mol. The summed E-state index contributed by atoms with van der Waals surface area (Å²) < 4.78 is 5.30. The van der Waals surface area contributed by atoms with E-state index in [0.29, 0.717) is 0 Å². The zero-order valence-corrected chi connectivity index (χ0v) is 14.1. The maximum Gasteiger partial charge on any atom is 0.407 e. The molecule has 0 atom stereocenters. The number of hydrogen-bond acceptors (Lipinski definition) is 4. The van der Waals surface area contributed by atoms with Gasteiger partial charge < -0.3 is 15.2 Å². The highest BCUT2D eigenvalue weighted by atomic mass is 16.5. The first-order valence-electron chi connectivity index (χ1n) is 8.38. The zero-order valence-electron chi connectivity index (χ0n) is 14.1. The summed E-state index contributed by atoms with van der Waals surface area (Å²) in [6.07, 6.45) is -1.04. The lowest BCUT2D eigenvalue weighted by Gasteiger charge is -2.14. The van der Waals surface area contributed by atoms with Crippen molar-refractivity contribution >= 4 is 17.8 Å². The van der Waals surface area contributed by atoms with Gasteiger partial charge in [-0.05, 0) is 22.3 Å². The number of alkyl carbamates (subject to hydrolysis) is 1. The van der Waals surface area contributed by atoms with Gasteiger partial charge in [-0.15, -0.1) is 0 Å². The first-order valence-corrected chi connectivity index (χ1v) is 8.38. The molecule has 0 heterocycles. The molecule has 0 saturated carbocycles. The highest BCUT2D eigenvalue weighted by molar-refractivity contribution is 5.86. The van der Waals surface area contributed by atoms with E-state index in [1.165, 1.54) is 0 Å². The number of hydrogen-bond donors (Lipinski definition) is 2. The Morgan fingerprint density at radius 1 is 0.923 bits per heavy atom. The van der Waals surface area contributed by atoms with Crippen molar-refractivity contribution in [3.63, 3.8) is 0 Å². The number of benzene rings is 2. The van der Waals surface area contributed by atoms with Crippen molar-refractivity contribution < 1.29 is 24.2 Å². The van der Waals surface area contributed by atoms with Crippen LogP contribution < -0.4 is 5.32 Å². The molecule has 0 aromatic heterocycles. The SMILES string of the molecule is O=C(O)CCC(=O)CNC(=O)OCC1c2ccccc2-c2ccccc21. The predicted molar refractivity (Wildman–Crippen MR) is 94.9 cm³/mol. The maximum atomic E-state index is 11.9. The number of Topliss-reactive ketones (excluding diaryl/α,β-unsaturated/α-hetero) is 1. The van der Waals surface area contributed by atoms with Crippen LogP contribution in [0.3, 0.4) is 0 Å². The van der Waals surface area contributed by atoms with Crippen molar-refractivity contribution in [3.05, 3.63) is 59.7 Å². The van der Waals surface area contributed by atoms with Crippen molar-refractivity contribution in [2.75, 3.05) is 13.2 Å². The van der Waals surface area contributed by atoms with Crippen LogP contribution in [0.4, 0.5) is 4.79 Å². The Bertz CT molecular complexity index is 800. The van der Waals surface area contributed by atoms with E-state index in [-0.39, 0.29) is 37.7 Å². The molecular formula is C20H19NO5. The highest BCUT2D eigenvalue weighted by Gasteiger charge is 2.28. The van der Waals surface area contributed by atoms with Crippen LogP contribution in [0.2, 0.25) is 0 Å². The van der Waals surface area contributed by atoms with Crippen molar-refractivity contribution in [2.24, 2.45) is 0 Å². The lowest BCUT2D eigenvalue weighted by atomic mass is 9.98. The molecule has 3 rings (SSSR count). The first-order chi connectivity index (χ1) is 12.6. The molecule has 1 amide bonds. The number of fused-ring (bicyclic) bond motifs is 3. The van der Waals surface area contributed by atoms with Crippen molar-refractivity contribution in [1.82, 2.24) is 5.32 Å². The molecule has 0 spiro atoms. The molecule has 26 heavy (non-hydrogen) atoms. The van der Waals surface area contributed by atoms with Crippen LogP contribution >= 0.6 is 0 Å². The molecule has 134 valence electrons. The van der Waals surface area contributed by atoms with Gasteiger partial charge in [-0.1, -0.05) is 48.5 Å². The summed E-state index contributed by atoms with van der Waals surface area (Å²) in [6, 6.07) is 16.0. The second-order valence-electron chi connectivity index (χ2n) is 6.11. The van der Waals surface area contributed by atoms with Crippen LogP contribution in [0, 0.1) is 0 Å². The van der Waals surface area contributed by atoms with Gasteiger partial charge in [-0.3, -0.25) is 9.59 Å². The van der Waals surface area contributed by atoms with E-state index in [2.05, 4.69) is 17.4 Å². The largest absolute Gasteiger partial charge is 0.481 e. The van der Waals surface area contributed by atoms with Crippen molar-refractivity contribution in [1.29, 1.82) is 0 Å². The second kappa shape index (κ2) is 7.82. The number of carbonyl (C=O) groups is 3. The van der Waals surface area contributed by atoms with E-state index in [1.54, 1.807) is 0 Å². The third-order valence-electron chi connectivity index (χ3n) is 4.39. The third kappa shape index (κ3) is 3.91. The zero-order chi connectivity index (χ0) is 18.5. The van der Waals surface area contributed by atoms with Gasteiger partial charge in [0.1, 0.15) is 6.61 Å². The summed E-state index contributed by atoms with van der Waals surface area (Å²) in [5.74, 6) is -1.43. The normalized spacial score (nSPS) is 12.2. The fourth-order valence-electron chi connectivity index (χ4n) is 3.15. The molecule has 1 aliphatic rings. The Morgan fingerprint density at radius 3 is 2.08 bits per heavy atom. The van der Waals surface area contributed by atoms with Gasteiger partial charge in [-0.25, -0.2) is 4.79 Å². The van der Waals surface area contributed by atoms with Gasteiger partial charge in [0.2, 0.25) is 0 Å². The van der Waals surface area contributed by atoms with E-state index in [1.807, 2.05) is 36.4 Å². The minimum absolute atomic E-state index is 0.0455. The monoisotopic (exact) mass is 353 g/mol. The standard InChI is InChI=1S/C20H19NO5/c22-13(9-10-19(23)24)11-21-20(25)26-12-18-16-7-3-1-5-14(16)15-6-2-4-8-17(15)18/h1-8,18H,9-12H2,(H,21,25)(H,23,24). The lowest BCUT2D eigenvalue weighted by molar-refractivity contribution is -0.138. The summed E-state index contributed by atoms with van der Waals surface area (Å²) in [6.45, 7) is -0.0624. The Hall–Kier alpha value is -3.15. The van der Waals surface area contributed by atoms with Gasteiger partial charge in [0.15, 0.2) is 5.78 Å². The molecule has 2 aromatic carbocycles. The maximum absolute atomic E-state index is 11.9. The van der Waals surface area contributed by atoms with Gasteiger partial charge in [0.05, 0.1) is 13.0 Å². The second-order valence-corrected chi connectivity index (χ2v) is 6.11. The van der Waals surface area contributed by atoms with Crippen LogP contribution in [0.15, 0.2) is 48.5 Å². The molecule has 2 N–H and O–H groups in total. The molecule has 0 aliphatic heterocycles. The molecule has 6 heteroatoms. The number of carboxylic acids is 1. The number of ether oxygens (including phenoxy) is 1. The topological polar surface area (TPSA) is 92.7 Å². The molecule has 1 aliphatic carbocycles. The number of carboxylic acid groups (broad SMARTS) is 1. The molecule has 0 bridgehead atoms. The molecule has 0 fully saturated rings. The van der Waals surface area contributed by atoms with Crippen LogP contribution in [-0.2, 0) is 14.3 Å². The van der Waals surface area contributed by atoms with E-state index in [4.69, 9.17) is 9.84 Å². The van der Waals surface area contributed by atoms with Crippen molar-refractivity contribution in [2.45, 2.75) is 18.8 Å². The number of nitrogens with one attached hydrogen (secondary N) is 1. The van der Waals surface area contributed by atoms with Gasteiger partial charge in [0.25, 0.3) is 0 Å². The minimum atomic E-state index is -1.04. The van der Waals surface area contributed by atoms with Crippen LogP contribution in [0.5, 0.6) is 0 Å². The van der Waals surface area contributed by atoms with Crippen LogP contribution in [0.1, 0.15) is 29.9 Å². The quantitative estimate of drug-likeness (QED) is 0.798. The average molecular weight is 353 g/mol. The molecule has 0 saturated heterocycles. The summed E-state index contributed by atoms with van der Waals surface area (Å²) in [5, 5.41) is 10.9. The van der Waals surface area contributed by atoms with Crippen LogP contribution in [-0.4, -0.2) is 36.1 Å². The number of ketones is 1. The average Bonchev–Trinajstić information content (AvgIpc) is 2.97. The number of carbonyl (C=O) groups excluding carboxylic acids is 2. The van der Waals surface area contributed by atoms with E-state index < -0.39 is 12.1 Å². The number of rotatable bonds is 7. The molecule has 0 unspecified atom stereocenters. The van der Waals surface area contributed by atoms with Crippen LogP contribution in [0.25, 0.3) is 11.1 Å². The van der Waals surface area contributed by atoms with Crippen molar-refractivity contribution in [3.8, 4) is 11.1 Å². The predicted octanol–water partition coefficient (Wildman–Crippen LogP) is 2.96. The summed E-state index contributed by atoms with van der Waals surface area (Å²) in [7, 11) is 0. The van der Waals surface area contributed by atoms with Gasteiger partial charge in [0, 0.05) is 12.3 Å². The van der Waals surface area contributed by atoms with E-state index in [9.17, 15) is 14.4 Å². The summed E-state index contributed by atoms with van der Waals surface area (Å²) in [5.41, 5.74) is 4.50. The Kier molecular flexibility index (Phi) is 5.31. The fraction of sp³-hybridized carbons (Fsp3) is 0.250.